The maximum absolute atomic E-state index is 11.1. The van der Waals surface area contributed by atoms with Crippen LogP contribution in [-0.4, -0.2) is 12.6 Å². The van der Waals surface area contributed by atoms with Gasteiger partial charge in [-0.25, -0.2) is 4.79 Å². The Morgan fingerprint density at radius 1 is 1.24 bits per heavy atom. The second-order valence-corrected chi connectivity index (χ2v) is 4.20. The topological polar surface area (TPSA) is 35.5 Å². The summed E-state index contributed by atoms with van der Waals surface area (Å²) >= 11 is 0. The molecule has 0 N–H and O–H groups in total. The average molecular weight is 232 g/mol. The Labute approximate surface area is 101 Å². The van der Waals surface area contributed by atoms with E-state index in [0.29, 0.717) is 12.5 Å². The highest BCUT2D eigenvalue weighted by Gasteiger charge is 2.21. The van der Waals surface area contributed by atoms with Crippen LogP contribution in [0.3, 0.4) is 0 Å². The lowest BCUT2D eigenvalue weighted by Crippen LogP contribution is -2.13. The molecule has 0 aromatic heterocycles. The highest BCUT2D eigenvalue weighted by Crippen LogP contribution is 2.29. The number of benzene rings is 1. The van der Waals surface area contributed by atoms with Crippen molar-refractivity contribution < 1.29 is 14.3 Å². The molecule has 0 radical (unpaired) electrons. The SMILES string of the molecule is CC1CCOC(=O)C=COC1c1ccccc1. The molecule has 90 valence electrons. The van der Waals surface area contributed by atoms with E-state index < -0.39 is 0 Å². The molecule has 17 heavy (non-hydrogen) atoms. The number of rotatable bonds is 1. The highest BCUT2D eigenvalue weighted by molar-refractivity contribution is 5.81. The molecule has 1 aliphatic heterocycles. The fourth-order valence-electron chi connectivity index (χ4n) is 1.91. The van der Waals surface area contributed by atoms with E-state index in [0.717, 1.165) is 12.0 Å². The summed E-state index contributed by atoms with van der Waals surface area (Å²) in [5.41, 5.74) is 1.12. The van der Waals surface area contributed by atoms with E-state index in [1.807, 2.05) is 30.3 Å². The van der Waals surface area contributed by atoms with E-state index in [4.69, 9.17) is 9.47 Å². The molecule has 2 atom stereocenters. The standard InChI is InChI=1S/C14H16O3/c1-11-7-9-16-13(15)8-10-17-14(11)12-5-3-2-4-6-12/h2-6,8,10-11,14H,7,9H2,1H3. The van der Waals surface area contributed by atoms with Gasteiger partial charge in [0.05, 0.1) is 18.9 Å². The summed E-state index contributed by atoms with van der Waals surface area (Å²) in [5, 5.41) is 0. The van der Waals surface area contributed by atoms with Crippen LogP contribution in [0.4, 0.5) is 0 Å². The summed E-state index contributed by atoms with van der Waals surface area (Å²) in [5.74, 6) is -0.0427. The first kappa shape index (κ1) is 11.7. The third-order valence-corrected chi connectivity index (χ3v) is 2.89. The van der Waals surface area contributed by atoms with Gasteiger partial charge in [-0.05, 0) is 12.0 Å². The molecule has 1 aromatic carbocycles. The smallest absolute Gasteiger partial charge is 0.333 e. The molecule has 0 amide bonds. The Bertz CT molecular complexity index is 397. The molecule has 0 saturated heterocycles. The lowest BCUT2D eigenvalue weighted by atomic mass is 9.95. The minimum Gasteiger partial charge on any atom is -0.493 e. The van der Waals surface area contributed by atoms with Crippen molar-refractivity contribution in [3.63, 3.8) is 0 Å². The van der Waals surface area contributed by atoms with Crippen LogP contribution in [-0.2, 0) is 14.3 Å². The van der Waals surface area contributed by atoms with Crippen molar-refractivity contribution in [2.45, 2.75) is 19.4 Å². The molecule has 0 fully saturated rings. The van der Waals surface area contributed by atoms with Gasteiger partial charge in [-0.15, -0.1) is 0 Å². The van der Waals surface area contributed by atoms with Crippen molar-refractivity contribution in [3.8, 4) is 0 Å². The fourth-order valence-corrected chi connectivity index (χ4v) is 1.91. The van der Waals surface area contributed by atoms with Gasteiger partial charge in [0.1, 0.15) is 6.10 Å². The van der Waals surface area contributed by atoms with Crippen LogP contribution in [0.15, 0.2) is 42.7 Å². The predicted octanol–water partition coefficient (Wildman–Crippen LogP) is 2.84. The van der Waals surface area contributed by atoms with Crippen molar-refractivity contribution in [3.05, 3.63) is 48.2 Å². The third-order valence-electron chi connectivity index (χ3n) is 2.89. The Hall–Kier alpha value is -1.77. The van der Waals surface area contributed by atoms with E-state index >= 15 is 0 Å². The first-order chi connectivity index (χ1) is 8.27. The molecule has 3 nitrogen and oxygen atoms in total. The van der Waals surface area contributed by atoms with Crippen LogP contribution in [0.25, 0.3) is 0 Å². The van der Waals surface area contributed by atoms with Crippen molar-refractivity contribution in [1.29, 1.82) is 0 Å². The third kappa shape index (κ3) is 3.09. The van der Waals surface area contributed by atoms with E-state index in [2.05, 4.69) is 6.92 Å². The van der Waals surface area contributed by atoms with Gasteiger partial charge in [-0.3, -0.25) is 0 Å². The normalized spacial score (nSPS) is 25.1. The molecule has 1 aromatic rings. The Morgan fingerprint density at radius 2 is 2.00 bits per heavy atom. The maximum atomic E-state index is 11.1. The fraction of sp³-hybridized carbons (Fsp3) is 0.357. The van der Waals surface area contributed by atoms with Crippen LogP contribution in [0, 0.1) is 5.92 Å². The predicted molar refractivity (Wildman–Crippen MR) is 64.1 cm³/mol. The number of carbonyl (C=O) groups excluding carboxylic acids is 1. The minimum atomic E-state index is -0.342. The molecule has 0 bridgehead atoms. The lowest BCUT2D eigenvalue weighted by molar-refractivity contribution is -0.138. The molecule has 0 aliphatic carbocycles. The van der Waals surface area contributed by atoms with Crippen LogP contribution >= 0.6 is 0 Å². The zero-order valence-electron chi connectivity index (χ0n) is 9.84. The molecule has 0 spiro atoms. The number of esters is 1. The molecular weight excluding hydrogens is 216 g/mol. The molecule has 0 saturated carbocycles. The molecular formula is C14H16O3. The number of ether oxygens (including phenoxy) is 2. The van der Waals surface area contributed by atoms with Crippen LogP contribution in [0.5, 0.6) is 0 Å². The molecule has 1 heterocycles. The number of hydrogen-bond acceptors (Lipinski definition) is 3. The van der Waals surface area contributed by atoms with Crippen LogP contribution < -0.4 is 0 Å². The van der Waals surface area contributed by atoms with Gasteiger partial charge < -0.3 is 9.47 Å². The van der Waals surface area contributed by atoms with Crippen molar-refractivity contribution in [1.82, 2.24) is 0 Å². The molecule has 1 aliphatic rings. The summed E-state index contributed by atoms with van der Waals surface area (Å²) in [6.07, 6.45) is 3.53. The van der Waals surface area contributed by atoms with E-state index in [1.165, 1.54) is 12.3 Å². The number of cyclic esters (lactones) is 1. The largest absolute Gasteiger partial charge is 0.493 e. The van der Waals surface area contributed by atoms with Gasteiger partial charge in [0.2, 0.25) is 0 Å². The molecule has 2 unspecified atom stereocenters. The van der Waals surface area contributed by atoms with Gasteiger partial charge in [-0.1, -0.05) is 37.3 Å². The lowest BCUT2D eigenvalue weighted by Gasteiger charge is -2.22. The second kappa shape index (κ2) is 5.53. The first-order valence-electron chi connectivity index (χ1n) is 5.81. The van der Waals surface area contributed by atoms with Gasteiger partial charge >= 0.3 is 5.97 Å². The first-order valence-corrected chi connectivity index (χ1v) is 5.81. The summed E-state index contributed by atoms with van der Waals surface area (Å²) < 4.78 is 10.7. The quantitative estimate of drug-likeness (QED) is 0.698. The van der Waals surface area contributed by atoms with E-state index in [1.54, 1.807) is 0 Å². The van der Waals surface area contributed by atoms with Gasteiger partial charge in [-0.2, -0.15) is 0 Å². The number of hydrogen-bond donors (Lipinski definition) is 0. The monoisotopic (exact) mass is 232 g/mol. The van der Waals surface area contributed by atoms with Crippen LogP contribution in [0.2, 0.25) is 0 Å². The Kier molecular flexibility index (Phi) is 3.81. The van der Waals surface area contributed by atoms with E-state index in [-0.39, 0.29) is 12.1 Å². The Morgan fingerprint density at radius 3 is 2.76 bits per heavy atom. The zero-order chi connectivity index (χ0) is 12.1. The van der Waals surface area contributed by atoms with Crippen molar-refractivity contribution in [2.24, 2.45) is 5.92 Å². The summed E-state index contributed by atoms with van der Waals surface area (Å²) in [7, 11) is 0. The second-order valence-electron chi connectivity index (χ2n) is 4.20. The van der Waals surface area contributed by atoms with Crippen molar-refractivity contribution in [2.75, 3.05) is 6.61 Å². The van der Waals surface area contributed by atoms with Crippen LogP contribution in [0.1, 0.15) is 25.0 Å². The maximum Gasteiger partial charge on any atom is 0.333 e. The molecule has 3 heteroatoms. The van der Waals surface area contributed by atoms with Crippen molar-refractivity contribution >= 4 is 5.97 Å². The van der Waals surface area contributed by atoms with Gasteiger partial charge in [0.15, 0.2) is 0 Å². The summed E-state index contributed by atoms with van der Waals surface area (Å²) in [6, 6.07) is 10.0. The molecule has 2 rings (SSSR count). The average Bonchev–Trinajstić information content (AvgIpc) is 2.42. The summed E-state index contributed by atoms with van der Waals surface area (Å²) in [4.78, 5) is 11.1. The van der Waals surface area contributed by atoms with Gasteiger partial charge in [0.25, 0.3) is 0 Å². The van der Waals surface area contributed by atoms with E-state index in [9.17, 15) is 4.79 Å². The van der Waals surface area contributed by atoms with Gasteiger partial charge in [0, 0.05) is 5.92 Å². The number of carbonyl (C=O) groups is 1. The highest BCUT2D eigenvalue weighted by atomic mass is 16.5. The zero-order valence-corrected chi connectivity index (χ0v) is 9.84. The Balaban J connectivity index is 2.18. The minimum absolute atomic E-state index is 0.0260. The summed E-state index contributed by atoms with van der Waals surface area (Å²) in [6.45, 7) is 2.54.